The van der Waals surface area contributed by atoms with Crippen LogP contribution in [-0.2, 0) is 16.6 Å². The lowest BCUT2D eigenvalue weighted by atomic mass is 10.3. The van der Waals surface area contributed by atoms with E-state index in [0.29, 0.717) is 15.2 Å². The van der Waals surface area contributed by atoms with Crippen LogP contribution in [0.1, 0.15) is 11.3 Å². The zero-order chi connectivity index (χ0) is 12.5. The van der Waals surface area contributed by atoms with Crippen LogP contribution in [0.5, 0.6) is 0 Å². The average Bonchev–Trinajstić information content (AvgIpc) is 2.86. The van der Waals surface area contributed by atoms with Crippen LogP contribution in [0, 0.1) is 0 Å². The van der Waals surface area contributed by atoms with Crippen molar-refractivity contribution in [3.8, 4) is 0 Å². The van der Waals surface area contributed by atoms with Crippen molar-refractivity contribution < 1.29 is 8.42 Å². The van der Waals surface area contributed by atoms with Gasteiger partial charge in [-0.05, 0) is 34.2 Å². The molecule has 1 fully saturated rings. The molecular weight excluding hydrogens is 344 g/mol. The van der Waals surface area contributed by atoms with Gasteiger partial charge in [0, 0.05) is 23.2 Å². The molecule has 1 aliphatic rings. The zero-order valence-corrected chi connectivity index (χ0v) is 13.0. The molecule has 0 radical (unpaired) electrons. The number of hydrogen-bond donors (Lipinski definition) is 2. The quantitative estimate of drug-likeness (QED) is 0.861. The van der Waals surface area contributed by atoms with Crippen molar-refractivity contribution in [3.63, 3.8) is 0 Å². The van der Waals surface area contributed by atoms with Crippen LogP contribution in [0.2, 0.25) is 0 Å². The van der Waals surface area contributed by atoms with E-state index in [2.05, 4.69) is 20.7 Å². The van der Waals surface area contributed by atoms with E-state index in [1.807, 2.05) is 0 Å². The molecule has 4 nitrogen and oxygen atoms in total. The summed E-state index contributed by atoms with van der Waals surface area (Å²) in [5, 5.41) is 0. The third-order valence-corrected chi connectivity index (χ3v) is 7.41. The monoisotopic (exact) mass is 356 g/mol. The molecule has 0 aromatic carbocycles. The van der Waals surface area contributed by atoms with Crippen LogP contribution >= 0.6 is 39.0 Å². The molecular formula is C9H13BrN2O2S3. The van der Waals surface area contributed by atoms with Gasteiger partial charge in [-0.1, -0.05) is 0 Å². The van der Waals surface area contributed by atoms with Gasteiger partial charge in [-0.2, -0.15) is 11.8 Å². The third-order valence-electron chi connectivity index (χ3n) is 2.45. The number of thioether (sulfide) groups is 1. The highest BCUT2D eigenvalue weighted by Gasteiger charge is 2.26. The Kier molecular flexibility index (Phi) is 4.54. The van der Waals surface area contributed by atoms with Crippen molar-refractivity contribution in [2.45, 2.75) is 23.9 Å². The highest BCUT2D eigenvalue weighted by atomic mass is 79.9. The molecule has 2 rings (SSSR count). The smallest absolute Gasteiger partial charge is 0.242 e. The van der Waals surface area contributed by atoms with Crippen molar-refractivity contribution >= 4 is 49.1 Å². The molecule has 1 aromatic heterocycles. The number of halogens is 1. The minimum Gasteiger partial charge on any atom is -0.326 e. The predicted octanol–water partition coefficient (Wildman–Crippen LogP) is 1.75. The molecule has 17 heavy (non-hydrogen) atoms. The van der Waals surface area contributed by atoms with E-state index in [-0.39, 0.29) is 6.04 Å². The van der Waals surface area contributed by atoms with Crippen LogP contribution < -0.4 is 10.5 Å². The lowest BCUT2D eigenvalue weighted by molar-refractivity contribution is 0.563. The fourth-order valence-electron chi connectivity index (χ4n) is 1.59. The molecule has 0 saturated carbocycles. The number of thiophene rings is 1. The molecule has 0 bridgehead atoms. The first-order valence-corrected chi connectivity index (χ1v) is 9.36. The van der Waals surface area contributed by atoms with Crippen molar-refractivity contribution in [1.29, 1.82) is 0 Å². The molecule has 1 aliphatic heterocycles. The van der Waals surface area contributed by atoms with Gasteiger partial charge in [-0.15, -0.1) is 11.3 Å². The summed E-state index contributed by atoms with van der Waals surface area (Å²) in [4.78, 5) is 1.16. The second-order valence-electron chi connectivity index (χ2n) is 3.74. The molecule has 8 heteroatoms. The van der Waals surface area contributed by atoms with E-state index in [9.17, 15) is 8.42 Å². The van der Waals surface area contributed by atoms with Gasteiger partial charge in [0.05, 0.1) is 3.79 Å². The topological polar surface area (TPSA) is 72.2 Å². The van der Waals surface area contributed by atoms with Gasteiger partial charge in [0.15, 0.2) is 0 Å². The predicted molar refractivity (Wildman–Crippen MR) is 76.0 cm³/mol. The molecule has 2 heterocycles. The Morgan fingerprint density at radius 2 is 2.35 bits per heavy atom. The van der Waals surface area contributed by atoms with Gasteiger partial charge in [-0.3, -0.25) is 0 Å². The minimum atomic E-state index is -3.42. The summed E-state index contributed by atoms with van der Waals surface area (Å²) < 4.78 is 27.7. The minimum absolute atomic E-state index is 0.0538. The highest BCUT2D eigenvalue weighted by Crippen LogP contribution is 2.32. The van der Waals surface area contributed by atoms with Gasteiger partial charge in [0.25, 0.3) is 0 Å². The summed E-state index contributed by atoms with van der Waals surface area (Å²) in [6.45, 7) is 0.359. The standard InChI is InChI=1S/C9H13BrN2O2S3/c10-9-8(3-7(4-11)16-9)17(13,14)12-6-1-2-15-5-6/h3,6,12H,1-2,4-5,11H2. The second-order valence-corrected chi connectivity index (χ2v) is 9.02. The summed E-state index contributed by atoms with van der Waals surface area (Å²) in [5.41, 5.74) is 5.51. The van der Waals surface area contributed by atoms with E-state index < -0.39 is 10.0 Å². The van der Waals surface area contributed by atoms with Gasteiger partial charge < -0.3 is 5.73 Å². The number of rotatable bonds is 4. The fraction of sp³-hybridized carbons (Fsp3) is 0.556. The number of hydrogen-bond acceptors (Lipinski definition) is 5. The van der Waals surface area contributed by atoms with E-state index in [1.54, 1.807) is 17.8 Å². The number of nitrogens with two attached hydrogens (primary N) is 1. The largest absolute Gasteiger partial charge is 0.326 e. The molecule has 0 aliphatic carbocycles. The Hall–Kier alpha value is 0.400. The molecule has 0 amide bonds. The van der Waals surface area contributed by atoms with Gasteiger partial charge in [0.1, 0.15) is 4.90 Å². The highest BCUT2D eigenvalue weighted by molar-refractivity contribution is 9.11. The summed E-state index contributed by atoms with van der Waals surface area (Å²) in [5.74, 6) is 1.87. The van der Waals surface area contributed by atoms with Crippen molar-refractivity contribution in [2.75, 3.05) is 11.5 Å². The molecule has 3 N–H and O–H groups in total. The summed E-state index contributed by atoms with van der Waals surface area (Å²) >= 11 is 6.42. The Bertz CT molecular complexity index is 494. The first-order valence-electron chi connectivity index (χ1n) is 5.11. The Labute approximate surface area is 118 Å². The van der Waals surface area contributed by atoms with Crippen LogP contribution in [0.3, 0.4) is 0 Å². The first-order chi connectivity index (χ1) is 8.03. The molecule has 0 spiro atoms. The van der Waals surface area contributed by atoms with Gasteiger partial charge in [0.2, 0.25) is 10.0 Å². The van der Waals surface area contributed by atoms with Crippen molar-refractivity contribution in [3.05, 3.63) is 14.7 Å². The summed E-state index contributed by atoms with van der Waals surface area (Å²) in [6.07, 6.45) is 0.898. The van der Waals surface area contributed by atoms with Crippen molar-refractivity contribution in [2.24, 2.45) is 5.73 Å². The number of nitrogens with one attached hydrogen (secondary N) is 1. The molecule has 1 aromatic rings. The lowest BCUT2D eigenvalue weighted by Crippen LogP contribution is -2.34. The molecule has 1 atom stereocenters. The zero-order valence-electron chi connectivity index (χ0n) is 8.98. The fourth-order valence-corrected chi connectivity index (χ4v) is 6.68. The Morgan fingerprint density at radius 1 is 1.59 bits per heavy atom. The Balaban J connectivity index is 2.21. The van der Waals surface area contributed by atoms with Crippen molar-refractivity contribution in [1.82, 2.24) is 4.72 Å². The SMILES string of the molecule is NCc1cc(S(=O)(=O)NC2CCSC2)c(Br)s1. The lowest BCUT2D eigenvalue weighted by Gasteiger charge is -2.11. The maximum Gasteiger partial charge on any atom is 0.242 e. The third kappa shape index (κ3) is 3.24. The number of sulfonamides is 1. The van der Waals surface area contributed by atoms with Gasteiger partial charge in [-0.25, -0.2) is 13.1 Å². The average molecular weight is 357 g/mol. The first kappa shape index (κ1) is 13.8. The van der Waals surface area contributed by atoms with Crippen LogP contribution in [0.25, 0.3) is 0 Å². The summed E-state index contributed by atoms with van der Waals surface area (Å²) in [7, 11) is -3.42. The molecule has 1 saturated heterocycles. The van der Waals surface area contributed by atoms with Gasteiger partial charge >= 0.3 is 0 Å². The second kappa shape index (κ2) is 5.58. The maximum absolute atomic E-state index is 12.2. The summed E-state index contributed by atoms with van der Waals surface area (Å²) in [6, 6.07) is 1.69. The van der Waals surface area contributed by atoms with E-state index in [0.717, 1.165) is 22.8 Å². The van der Waals surface area contributed by atoms with Crippen LogP contribution in [-0.4, -0.2) is 26.0 Å². The maximum atomic E-state index is 12.2. The molecule has 1 unspecified atom stereocenters. The normalized spacial score (nSPS) is 20.9. The van der Waals surface area contributed by atoms with E-state index in [4.69, 9.17) is 5.73 Å². The van der Waals surface area contributed by atoms with Crippen LogP contribution in [0.4, 0.5) is 0 Å². The van der Waals surface area contributed by atoms with E-state index >= 15 is 0 Å². The molecule has 96 valence electrons. The Morgan fingerprint density at radius 3 is 2.88 bits per heavy atom. The van der Waals surface area contributed by atoms with Crippen LogP contribution in [0.15, 0.2) is 14.7 Å². The van der Waals surface area contributed by atoms with E-state index in [1.165, 1.54) is 11.3 Å².